The zero-order valence-electron chi connectivity index (χ0n) is 10.8. The van der Waals surface area contributed by atoms with Crippen LogP contribution in [-0.4, -0.2) is 34.3 Å². The molecule has 2 rings (SSSR count). The predicted molar refractivity (Wildman–Crippen MR) is 68.8 cm³/mol. The minimum atomic E-state index is -0.357. The SMILES string of the molecule is CCn1nc(C)c([N+](=O)[O-])c1NCC1CCNC1. The zero-order valence-corrected chi connectivity index (χ0v) is 10.8. The van der Waals surface area contributed by atoms with Crippen molar-refractivity contribution in [2.45, 2.75) is 26.8 Å². The molecule has 0 saturated carbocycles. The Balaban J connectivity index is 2.15. The summed E-state index contributed by atoms with van der Waals surface area (Å²) < 4.78 is 1.66. The Kier molecular flexibility index (Phi) is 3.81. The lowest BCUT2D eigenvalue weighted by atomic mass is 10.1. The fraction of sp³-hybridized carbons (Fsp3) is 0.727. The molecule has 100 valence electrons. The maximum absolute atomic E-state index is 11.1. The van der Waals surface area contributed by atoms with E-state index in [0.717, 1.165) is 26.1 Å². The maximum atomic E-state index is 11.1. The van der Waals surface area contributed by atoms with Gasteiger partial charge in [0, 0.05) is 13.1 Å². The second-order valence-corrected chi connectivity index (χ2v) is 4.60. The predicted octanol–water partition coefficient (Wildman–Crippen LogP) is 1.14. The van der Waals surface area contributed by atoms with Gasteiger partial charge in [-0.3, -0.25) is 10.1 Å². The second kappa shape index (κ2) is 5.34. The van der Waals surface area contributed by atoms with Crippen molar-refractivity contribution < 1.29 is 4.92 Å². The molecule has 2 N–H and O–H groups in total. The van der Waals surface area contributed by atoms with Crippen molar-refractivity contribution in [1.82, 2.24) is 15.1 Å². The highest BCUT2D eigenvalue weighted by Gasteiger charge is 2.25. The number of nitro groups is 1. The van der Waals surface area contributed by atoms with Gasteiger partial charge in [-0.2, -0.15) is 5.10 Å². The van der Waals surface area contributed by atoms with Crippen LogP contribution in [0.5, 0.6) is 0 Å². The third-order valence-electron chi connectivity index (χ3n) is 3.30. The molecule has 1 fully saturated rings. The Bertz CT molecular complexity index is 437. The van der Waals surface area contributed by atoms with Crippen LogP contribution in [0.25, 0.3) is 0 Å². The average Bonchev–Trinajstić information content (AvgIpc) is 2.92. The van der Waals surface area contributed by atoms with Gasteiger partial charge < -0.3 is 10.6 Å². The van der Waals surface area contributed by atoms with E-state index in [4.69, 9.17) is 0 Å². The van der Waals surface area contributed by atoms with E-state index in [1.165, 1.54) is 0 Å². The molecule has 0 aliphatic carbocycles. The van der Waals surface area contributed by atoms with E-state index in [9.17, 15) is 10.1 Å². The quantitative estimate of drug-likeness (QED) is 0.607. The van der Waals surface area contributed by atoms with Crippen LogP contribution in [0.3, 0.4) is 0 Å². The van der Waals surface area contributed by atoms with Crippen LogP contribution in [0.4, 0.5) is 11.5 Å². The summed E-state index contributed by atoms with van der Waals surface area (Å²) in [5.41, 5.74) is 0.566. The molecular weight excluding hydrogens is 234 g/mol. The standard InChI is InChI=1S/C11H19N5O2/c1-3-15-11(10(16(17)18)8(2)14-15)13-7-9-4-5-12-6-9/h9,12-13H,3-7H2,1-2H3. The van der Waals surface area contributed by atoms with E-state index < -0.39 is 0 Å². The average molecular weight is 253 g/mol. The summed E-state index contributed by atoms with van der Waals surface area (Å²) in [6.07, 6.45) is 1.11. The van der Waals surface area contributed by atoms with Gasteiger partial charge >= 0.3 is 5.69 Å². The van der Waals surface area contributed by atoms with Gasteiger partial charge in [0.05, 0.1) is 4.92 Å². The van der Waals surface area contributed by atoms with Gasteiger partial charge in [0.25, 0.3) is 0 Å². The van der Waals surface area contributed by atoms with Crippen LogP contribution in [-0.2, 0) is 6.54 Å². The van der Waals surface area contributed by atoms with Crippen molar-refractivity contribution in [3.8, 4) is 0 Å². The number of nitrogens with zero attached hydrogens (tertiary/aromatic N) is 3. The maximum Gasteiger partial charge on any atom is 0.333 e. The first-order chi connectivity index (χ1) is 8.63. The topological polar surface area (TPSA) is 85.0 Å². The summed E-state index contributed by atoms with van der Waals surface area (Å²) >= 11 is 0. The molecule has 7 heteroatoms. The van der Waals surface area contributed by atoms with Crippen LogP contribution in [0.15, 0.2) is 0 Å². The summed E-state index contributed by atoms with van der Waals surface area (Å²) in [6, 6.07) is 0. The third-order valence-corrected chi connectivity index (χ3v) is 3.30. The molecule has 1 aromatic heterocycles. The molecule has 1 aromatic rings. The molecule has 0 radical (unpaired) electrons. The number of aryl methyl sites for hydroxylation is 2. The number of nitrogens with one attached hydrogen (secondary N) is 2. The van der Waals surface area contributed by atoms with Crippen molar-refractivity contribution in [2.24, 2.45) is 5.92 Å². The summed E-state index contributed by atoms with van der Waals surface area (Å²) in [5.74, 6) is 1.07. The highest BCUT2D eigenvalue weighted by Crippen LogP contribution is 2.28. The fourth-order valence-corrected chi connectivity index (χ4v) is 2.32. The van der Waals surface area contributed by atoms with Crippen LogP contribution in [0.1, 0.15) is 19.0 Å². The Morgan fingerprint density at radius 3 is 3.00 bits per heavy atom. The molecule has 1 atom stereocenters. The van der Waals surface area contributed by atoms with Gasteiger partial charge in [-0.05, 0) is 39.3 Å². The number of hydrogen-bond donors (Lipinski definition) is 2. The number of rotatable bonds is 5. The lowest BCUT2D eigenvalue weighted by molar-refractivity contribution is -0.384. The summed E-state index contributed by atoms with van der Waals surface area (Å²) in [5, 5.41) is 21.7. The second-order valence-electron chi connectivity index (χ2n) is 4.60. The molecule has 1 saturated heterocycles. The number of hydrogen-bond acceptors (Lipinski definition) is 5. The zero-order chi connectivity index (χ0) is 13.1. The van der Waals surface area contributed by atoms with Gasteiger partial charge in [0.15, 0.2) is 0 Å². The lowest BCUT2D eigenvalue weighted by Gasteiger charge is -2.11. The molecule has 18 heavy (non-hydrogen) atoms. The molecule has 1 unspecified atom stereocenters. The smallest absolute Gasteiger partial charge is 0.333 e. The molecule has 7 nitrogen and oxygen atoms in total. The molecule has 0 bridgehead atoms. The van der Waals surface area contributed by atoms with Crippen molar-refractivity contribution in [3.63, 3.8) is 0 Å². The molecule has 1 aliphatic heterocycles. The van der Waals surface area contributed by atoms with Crippen molar-refractivity contribution in [3.05, 3.63) is 15.8 Å². The van der Waals surface area contributed by atoms with Crippen LogP contribution in [0.2, 0.25) is 0 Å². The highest BCUT2D eigenvalue weighted by atomic mass is 16.6. The van der Waals surface area contributed by atoms with Gasteiger partial charge in [-0.1, -0.05) is 0 Å². The summed E-state index contributed by atoms with van der Waals surface area (Å²) in [4.78, 5) is 10.7. The van der Waals surface area contributed by atoms with E-state index in [2.05, 4.69) is 15.7 Å². The van der Waals surface area contributed by atoms with Gasteiger partial charge in [-0.15, -0.1) is 0 Å². The van der Waals surface area contributed by atoms with Crippen LogP contribution < -0.4 is 10.6 Å². The minimum Gasteiger partial charge on any atom is -0.364 e. The first kappa shape index (κ1) is 12.8. The van der Waals surface area contributed by atoms with E-state index in [1.54, 1.807) is 11.6 Å². The monoisotopic (exact) mass is 253 g/mol. The van der Waals surface area contributed by atoms with Crippen LogP contribution >= 0.6 is 0 Å². The molecule has 2 heterocycles. The van der Waals surface area contributed by atoms with E-state index >= 15 is 0 Å². The fourth-order valence-electron chi connectivity index (χ4n) is 2.32. The first-order valence-corrected chi connectivity index (χ1v) is 6.29. The summed E-state index contributed by atoms with van der Waals surface area (Å²) in [6.45, 7) is 6.98. The largest absolute Gasteiger partial charge is 0.364 e. The molecule has 0 amide bonds. The van der Waals surface area contributed by atoms with E-state index in [0.29, 0.717) is 24.0 Å². The Morgan fingerprint density at radius 2 is 2.44 bits per heavy atom. The molecule has 0 spiro atoms. The highest BCUT2D eigenvalue weighted by molar-refractivity contribution is 5.59. The van der Waals surface area contributed by atoms with Crippen molar-refractivity contribution >= 4 is 11.5 Å². The van der Waals surface area contributed by atoms with Gasteiger partial charge in [0.2, 0.25) is 5.82 Å². The first-order valence-electron chi connectivity index (χ1n) is 6.29. The van der Waals surface area contributed by atoms with Gasteiger partial charge in [-0.25, -0.2) is 4.68 Å². The van der Waals surface area contributed by atoms with Crippen molar-refractivity contribution in [1.29, 1.82) is 0 Å². The lowest BCUT2D eigenvalue weighted by Crippen LogP contribution is -2.19. The van der Waals surface area contributed by atoms with Crippen LogP contribution in [0, 0.1) is 23.0 Å². The number of aromatic nitrogens is 2. The third kappa shape index (κ3) is 2.45. The minimum absolute atomic E-state index is 0.0998. The number of anilines is 1. The normalized spacial score (nSPS) is 19.1. The Labute approximate surface area is 106 Å². The van der Waals surface area contributed by atoms with E-state index in [-0.39, 0.29) is 10.6 Å². The Morgan fingerprint density at radius 1 is 1.67 bits per heavy atom. The molecule has 1 aliphatic rings. The van der Waals surface area contributed by atoms with E-state index in [1.807, 2.05) is 6.92 Å². The van der Waals surface area contributed by atoms with Gasteiger partial charge in [0.1, 0.15) is 5.69 Å². The molecular formula is C11H19N5O2. The summed E-state index contributed by atoms with van der Waals surface area (Å²) in [7, 11) is 0. The Hall–Kier alpha value is -1.63. The van der Waals surface area contributed by atoms with Crippen molar-refractivity contribution in [2.75, 3.05) is 25.0 Å². The molecule has 0 aromatic carbocycles.